The number of aromatic hydroxyl groups is 1. The largest absolute Gasteiger partial charge is 0.508 e. The fraction of sp³-hybridized carbons (Fsp3) is 0.286. The number of hydrogen-bond acceptors (Lipinski definition) is 5. The van der Waals surface area contributed by atoms with E-state index in [2.05, 4.69) is 10.6 Å². The van der Waals surface area contributed by atoms with Crippen molar-refractivity contribution in [1.29, 1.82) is 0 Å². The Morgan fingerprint density at radius 1 is 0.897 bits per heavy atom. The average Bonchev–Trinajstić information content (AvgIpc) is 2.69. The third kappa shape index (κ3) is 6.93. The minimum absolute atomic E-state index is 0.122. The first-order valence-electron chi connectivity index (χ1n) is 9.23. The van der Waals surface area contributed by atoms with Crippen molar-refractivity contribution in [3.05, 3.63) is 65.7 Å². The van der Waals surface area contributed by atoms with Crippen LogP contribution in [0.3, 0.4) is 0 Å². The van der Waals surface area contributed by atoms with E-state index in [0.717, 1.165) is 11.1 Å². The minimum atomic E-state index is -0.897. The first-order valence-corrected chi connectivity index (χ1v) is 9.23. The van der Waals surface area contributed by atoms with Crippen LogP contribution in [0.2, 0.25) is 0 Å². The fourth-order valence-electron chi connectivity index (χ4n) is 2.73. The van der Waals surface area contributed by atoms with Crippen molar-refractivity contribution in [2.75, 3.05) is 0 Å². The molecule has 7 N–H and O–H groups in total. The van der Waals surface area contributed by atoms with Gasteiger partial charge < -0.3 is 27.2 Å². The van der Waals surface area contributed by atoms with E-state index in [1.807, 2.05) is 30.3 Å². The number of nitrogens with two attached hydrogens (primary N) is 2. The van der Waals surface area contributed by atoms with Crippen molar-refractivity contribution in [3.63, 3.8) is 0 Å². The SMILES string of the molecule is CC(NC(=O)C(N)Cc1ccc(O)cc1)C(=O)NC(Cc1ccccc1)C(N)=O. The van der Waals surface area contributed by atoms with Gasteiger partial charge in [0.2, 0.25) is 17.7 Å². The molecule has 0 spiro atoms. The van der Waals surface area contributed by atoms with E-state index in [-0.39, 0.29) is 18.6 Å². The second-order valence-electron chi connectivity index (χ2n) is 6.86. The van der Waals surface area contributed by atoms with Gasteiger partial charge in [-0.2, -0.15) is 0 Å². The summed E-state index contributed by atoms with van der Waals surface area (Å²) in [6.45, 7) is 1.50. The molecule has 29 heavy (non-hydrogen) atoms. The summed E-state index contributed by atoms with van der Waals surface area (Å²) in [5.74, 6) is -1.57. The number of carbonyl (C=O) groups excluding carboxylic acids is 3. The molecule has 0 saturated heterocycles. The van der Waals surface area contributed by atoms with Crippen molar-refractivity contribution in [1.82, 2.24) is 10.6 Å². The van der Waals surface area contributed by atoms with Crippen LogP contribution in [-0.2, 0) is 27.2 Å². The molecule has 0 fully saturated rings. The van der Waals surface area contributed by atoms with E-state index >= 15 is 0 Å². The lowest BCUT2D eigenvalue weighted by Crippen LogP contribution is -2.55. The Labute approximate surface area is 169 Å². The molecule has 154 valence electrons. The number of hydrogen-bond donors (Lipinski definition) is 5. The molecule has 0 aliphatic carbocycles. The summed E-state index contributed by atoms with van der Waals surface area (Å²) in [5.41, 5.74) is 12.9. The normalized spacial score (nSPS) is 13.7. The number of carbonyl (C=O) groups is 3. The van der Waals surface area contributed by atoms with Crippen LogP contribution in [-0.4, -0.2) is 41.0 Å². The summed E-state index contributed by atoms with van der Waals surface area (Å²) < 4.78 is 0. The molecule has 0 aromatic heterocycles. The van der Waals surface area contributed by atoms with Crippen molar-refractivity contribution in [2.24, 2.45) is 11.5 Å². The zero-order chi connectivity index (χ0) is 21.4. The Kier molecular flexibility index (Phi) is 7.73. The van der Waals surface area contributed by atoms with Gasteiger partial charge in [0.25, 0.3) is 0 Å². The smallest absolute Gasteiger partial charge is 0.242 e. The number of primary amides is 1. The highest BCUT2D eigenvalue weighted by Gasteiger charge is 2.24. The second-order valence-corrected chi connectivity index (χ2v) is 6.86. The number of phenols is 1. The quantitative estimate of drug-likeness (QED) is 0.403. The number of phenolic OH excluding ortho intramolecular Hbond substituents is 1. The lowest BCUT2D eigenvalue weighted by Gasteiger charge is -2.21. The summed E-state index contributed by atoms with van der Waals surface area (Å²) in [6, 6.07) is 12.8. The van der Waals surface area contributed by atoms with Gasteiger partial charge in [-0.25, -0.2) is 0 Å². The number of nitrogens with one attached hydrogen (secondary N) is 2. The standard InChI is InChI=1S/C21H26N4O4/c1-13(24-21(29)17(22)11-15-7-9-16(26)10-8-15)20(28)25-18(19(23)27)12-14-5-3-2-4-6-14/h2-10,13,17-18,26H,11-12,22H2,1H3,(H2,23,27)(H,24,29)(H,25,28). The Bertz CT molecular complexity index is 840. The molecular formula is C21H26N4O4. The van der Waals surface area contributed by atoms with Gasteiger partial charge in [-0.05, 0) is 36.6 Å². The summed E-state index contributed by atoms with van der Waals surface area (Å²) >= 11 is 0. The molecular weight excluding hydrogens is 372 g/mol. The minimum Gasteiger partial charge on any atom is -0.508 e. The van der Waals surface area contributed by atoms with Crippen molar-refractivity contribution in [2.45, 2.75) is 37.9 Å². The highest BCUT2D eigenvalue weighted by atomic mass is 16.3. The van der Waals surface area contributed by atoms with E-state index in [0.29, 0.717) is 0 Å². The number of amides is 3. The summed E-state index contributed by atoms with van der Waals surface area (Å²) in [6.07, 6.45) is 0.501. The highest BCUT2D eigenvalue weighted by Crippen LogP contribution is 2.11. The fourth-order valence-corrected chi connectivity index (χ4v) is 2.73. The molecule has 0 radical (unpaired) electrons. The molecule has 3 atom stereocenters. The molecule has 8 nitrogen and oxygen atoms in total. The summed E-state index contributed by atoms with van der Waals surface area (Å²) in [4.78, 5) is 36.4. The molecule has 2 aromatic carbocycles. The molecule has 8 heteroatoms. The van der Waals surface area contributed by atoms with Gasteiger partial charge in [-0.3, -0.25) is 14.4 Å². The van der Waals surface area contributed by atoms with Crippen LogP contribution in [0, 0.1) is 0 Å². The molecule has 0 bridgehead atoms. The predicted octanol–water partition coefficient (Wildman–Crippen LogP) is -0.0205. The zero-order valence-electron chi connectivity index (χ0n) is 16.2. The van der Waals surface area contributed by atoms with Crippen LogP contribution in [0.25, 0.3) is 0 Å². The average molecular weight is 398 g/mol. The lowest BCUT2D eigenvalue weighted by molar-refractivity contribution is -0.131. The maximum Gasteiger partial charge on any atom is 0.242 e. The molecule has 0 aliphatic heterocycles. The Morgan fingerprint density at radius 3 is 2.07 bits per heavy atom. The first-order chi connectivity index (χ1) is 13.8. The van der Waals surface area contributed by atoms with Crippen LogP contribution in [0.1, 0.15) is 18.1 Å². The molecule has 3 amide bonds. The van der Waals surface area contributed by atoms with Gasteiger partial charge in [0, 0.05) is 6.42 Å². The number of benzene rings is 2. The van der Waals surface area contributed by atoms with Crippen LogP contribution in [0.15, 0.2) is 54.6 Å². The van der Waals surface area contributed by atoms with Crippen molar-refractivity contribution in [3.8, 4) is 5.75 Å². The van der Waals surface area contributed by atoms with Crippen molar-refractivity contribution >= 4 is 17.7 Å². The summed E-state index contributed by atoms with van der Waals surface area (Å²) in [7, 11) is 0. The van der Waals surface area contributed by atoms with Crippen LogP contribution < -0.4 is 22.1 Å². The van der Waals surface area contributed by atoms with Gasteiger partial charge in [0.15, 0.2) is 0 Å². The monoisotopic (exact) mass is 398 g/mol. The maximum absolute atomic E-state index is 12.4. The van der Waals surface area contributed by atoms with Gasteiger partial charge in [-0.1, -0.05) is 42.5 Å². The highest BCUT2D eigenvalue weighted by molar-refractivity contribution is 5.92. The van der Waals surface area contributed by atoms with E-state index in [4.69, 9.17) is 11.5 Å². The molecule has 0 saturated carbocycles. The van der Waals surface area contributed by atoms with E-state index in [1.165, 1.54) is 19.1 Å². The molecule has 2 aromatic rings. The third-order valence-electron chi connectivity index (χ3n) is 4.42. The van der Waals surface area contributed by atoms with Gasteiger partial charge >= 0.3 is 0 Å². The molecule has 0 aliphatic rings. The third-order valence-corrected chi connectivity index (χ3v) is 4.42. The molecule has 2 rings (SSSR count). The topological polar surface area (TPSA) is 148 Å². The zero-order valence-corrected chi connectivity index (χ0v) is 16.2. The van der Waals surface area contributed by atoms with Crippen LogP contribution >= 0.6 is 0 Å². The Hall–Kier alpha value is -3.39. The van der Waals surface area contributed by atoms with Crippen molar-refractivity contribution < 1.29 is 19.5 Å². The van der Waals surface area contributed by atoms with E-state index in [9.17, 15) is 19.5 Å². The summed E-state index contributed by atoms with van der Waals surface area (Å²) in [5, 5.41) is 14.4. The van der Waals surface area contributed by atoms with Gasteiger partial charge in [0.05, 0.1) is 6.04 Å². The lowest BCUT2D eigenvalue weighted by atomic mass is 10.0. The Morgan fingerprint density at radius 2 is 1.48 bits per heavy atom. The van der Waals surface area contributed by atoms with E-state index < -0.39 is 35.8 Å². The van der Waals surface area contributed by atoms with Gasteiger partial charge in [0.1, 0.15) is 17.8 Å². The molecule has 0 heterocycles. The Balaban J connectivity index is 1.89. The van der Waals surface area contributed by atoms with Gasteiger partial charge in [-0.15, -0.1) is 0 Å². The second kappa shape index (κ2) is 10.2. The first kappa shape index (κ1) is 21.9. The van der Waals surface area contributed by atoms with Crippen LogP contribution in [0.4, 0.5) is 0 Å². The predicted molar refractivity (Wildman–Crippen MR) is 109 cm³/mol. The number of rotatable bonds is 9. The van der Waals surface area contributed by atoms with E-state index in [1.54, 1.807) is 12.1 Å². The molecule has 3 unspecified atom stereocenters. The maximum atomic E-state index is 12.4. The van der Waals surface area contributed by atoms with Crippen LogP contribution in [0.5, 0.6) is 5.75 Å².